The molecule has 2 rings (SSSR count). The zero-order chi connectivity index (χ0) is 11.1. The maximum Gasteiger partial charge on any atom is 0.0163 e. The molecule has 0 aromatic carbocycles. The number of likely N-dealkylation sites (tertiary alicyclic amines) is 1. The molecular formula is C13H24N2. The lowest BCUT2D eigenvalue weighted by Gasteiger charge is -2.43. The first-order valence-electron chi connectivity index (χ1n) is 6.26. The number of hydrogen-bond donors (Lipinski definition) is 1. The smallest absolute Gasteiger partial charge is 0.0163 e. The van der Waals surface area contributed by atoms with E-state index in [2.05, 4.69) is 25.3 Å². The van der Waals surface area contributed by atoms with Crippen LogP contribution in [0.3, 0.4) is 0 Å². The molecule has 0 bridgehead atoms. The average Bonchev–Trinajstić information content (AvgIpc) is 2.45. The normalized spacial score (nSPS) is 36.3. The van der Waals surface area contributed by atoms with Crippen molar-refractivity contribution >= 4 is 0 Å². The lowest BCUT2D eigenvalue weighted by molar-refractivity contribution is 0.120. The maximum atomic E-state index is 6.39. The Bertz CT molecular complexity index is 251. The molecule has 0 amide bonds. The maximum absolute atomic E-state index is 6.39. The van der Waals surface area contributed by atoms with Gasteiger partial charge in [0.1, 0.15) is 0 Å². The van der Waals surface area contributed by atoms with Gasteiger partial charge in [0.25, 0.3) is 0 Å². The van der Waals surface area contributed by atoms with Gasteiger partial charge in [0.2, 0.25) is 0 Å². The summed E-state index contributed by atoms with van der Waals surface area (Å²) in [5.74, 6) is 0.630. The molecule has 2 nitrogen and oxygen atoms in total. The SMILES string of the molecule is C=C1CC(C)[C@@H](N)C12CCN(CC)CC2. The van der Waals surface area contributed by atoms with Gasteiger partial charge in [-0.15, -0.1) is 0 Å². The lowest BCUT2D eigenvalue weighted by Crippen LogP contribution is -2.48. The Kier molecular flexibility index (Phi) is 2.91. The van der Waals surface area contributed by atoms with Gasteiger partial charge in [-0.2, -0.15) is 0 Å². The van der Waals surface area contributed by atoms with Gasteiger partial charge in [-0.1, -0.05) is 26.0 Å². The van der Waals surface area contributed by atoms with Crippen LogP contribution in [-0.2, 0) is 0 Å². The summed E-state index contributed by atoms with van der Waals surface area (Å²) < 4.78 is 0. The number of piperidine rings is 1. The summed E-state index contributed by atoms with van der Waals surface area (Å²) in [5, 5.41) is 0. The third kappa shape index (κ3) is 1.64. The van der Waals surface area contributed by atoms with Gasteiger partial charge in [0, 0.05) is 11.5 Å². The van der Waals surface area contributed by atoms with E-state index in [1.807, 2.05) is 0 Å². The molecule has 1 unspecified atom stereocenters. The molecule has 2 heteroatoms. The van der Waals surface area contributed by atoms with E-state index >= 15 is 0 Å². The molecule has 1 saturated heterocycles. The van der Waals surface area contributed by atoms with Crippen molar-refractivity contribution in [1.82, 2.24) is 4.90 Å². The summed E-state index contributed by atoms with van der Waals surface area (Å²) in [5.41, 5.74) is 8.10. The van der Waals surface area contributed by atoms with Crippen molar-refractivity contribution in [3.63, 3.8) is 0 Å². The zero-order valence-corrected chi connectivity index (χ0v) is 10.1. The van der Waals surface area contributed by atoms with Crippen LogP contribution in [0.15, 0.2) is 12.2 Å². The monoisotopic (exact) mass is 208 g/mol. The molecule has 2 fully saturated rings. The minimum Gasteiger partial charge on any atom is -0.327 e. The summed E-state index contributed by atoms with van der Waals surface area (Å²) in [6.07, 6.45) is 3.60. The molecule has 15 heavy (non-hydrogen) atoms. The van der Waals surface area contributed by atoms with Crippen molar-refractivity contribution in [3.8, 4) is 0 Å². The summed E-state index contributed by atoms with van der Waals surface area (Å²) in [7, 11) is 0. The van der Waals surface area contributed by atoms with Crippen LogP contribution >= 0.6 is 0 Å². The first kappa shape index (κ1) is 11.2. The first-order chi connectivity index (χ1) is 7.10. The van der Waals surface area contributed by atoms with Crippen molar-refractivity contribution in [2.75, 3.05) is 19.6 Å². The fourth-order valence-corrected chi connectivity index (χ4v) is 3.45. The second-order valence-electron chi connectivity index (χ2n) is 5.40. The fraction of sp³-hybridized carbons (Fsp3) is 0.846. The number of hydrogen-bond acceptors (Lipinski definition) is 2. The molecule has 0 aromatic heterocycles. The number of nitrogens with zero attached hydrogens (tertiary/aromatic N) is 1. The summed E-state index contributed by atoms with van der Waals surface area (Å²) in [4.78, 5) is 2.52. The second kappa shape index (κ2) is 3.91. The molecular weight excluding hydrogens is 184 g/mol. The van der Waals surface area contributed by atoms with E-state index in [0.717, 1.165) is 6.42 Å². The van der Waals surface area contributed by atoms with Crippen LogP contribution in [0.2, 0.25) is 0 Å². The molecule has 1 aliphatic carbocycles. The number of nitrogens with two attached hydrogens (primary N) is 1. The number of rotatable bonds is 1. The standard InChI is InChI=1S/C13H24N2/c1-4-15-7-5-13(6-8-15)11(3)9-10(2)12(13)14/h10,12H,3-9,14H2,1-2H3/t10?,12-/m1/s1. The van der Waals surface area contributed by atoms with E-state index in [9.17, 15) is 0 Å². The van der Waals surface area contributed by atoms with Gasteiger partial charge >= 0.3 is 0 Å². The Morgan fingerprint density at radius 3 is 2.47 bits per heavy atom. The van der Waals surface area contributed by atoms with E-state index in [1.165, 1.54) is 38.0 Å². The van der Waals surface area contributed by atoms with Crippen LogP contribution in [0.25, 0.3) is 0 Å². The molecule has 0 aromatic rings. The largest absolute Gasteiger partial charge is 0.327 e. The van der Waals surface area contributed by atoms with Crippen molar-refractivity contribution in [3.05, 3.63) is 12.2 Å². The molecule has 1 heterocycles. The Hall–Kier alpha value is -0.340. The highest BCUT2D eigenvalue weighted by Crippen LogP contribution is 2.50. The molecule has 1 aliphatic heterocycles. The van der Waals surface area contributed by atoms with E-state index in [4.69, 9.17) is 5.73 Å². The highest BCUT2D eigenvalue weighted by Gasteiger charge is 2.48. The third-order valence-corrected chi connectivity index (χ3v) is 4.72. The third-order valence-electron chi connectivity index (χ3n) is 4.72. The molecule has 2 aliphatic rings. The van der Waals surface area contributed by atoms with E-state index in [0.29, 0.717) is 12.0 Å². The van der Waals surface area contributed by atoms with Crippen LogP contribution in [0.4, 0.5) is 0 Å². The Morgan fingerprint density at radius 2 is 2.07 bits per heavy atom. The van der Waals surface area contributed by atoms with Crippen molar-refractivity contribution in [2.45, 2.75) is 39.2 Å². The van der Waals surface area contributed by atoms with Gasteiger partial charge < -0.3 is 10.6 Å². The average molecular weight is 208 g/mol. The van der Waals surface area contributed by atoms with Gasteiger partial charge in [0.05, 0.1) is 0 Å². The molecule has 0 radical (unpaired) electrons. The predicted octanol–water partition coefficient (Wildman–Crippen LogP) is 2.01. The van der Waals surface area contributed by atoms with Gasteiger partial charge in [-0.25, -0.2) is 0 Å². The van der Waals surface area contributed by atoms with Crippen LogP contribution in [0.5, 0.6) is 0 Å². The summed E-state index contributed by atoms with van der Waals surface area (Å²) in [6.45, 7) is 12.4. The van der Waals surface area contributed by atoms with Crippen molar-refractivity contribution < 1.29 is 0 Å². The summed E-state index contributed by atoms with van der Waals surface area (Å²) in [6, 6.07) is 0.351. The zero-order valence-electron chi connectivity index (χ0n) is 10.1. The molecule has 2 N–H and O–H groups in total. The van der Waals surface area contributed by atoms with Crippen molar-refractivity contribution in [2.24, 2.45) is 17.1 Å². The topological polar surface area (TPSA) is 29.3 Å². The molecule has 1 saturated carbocycles. The minimum absolute atomic E-state index is 0.283. The van der Waals surface area contributed by atoms with Gasteiger partial charge in [-0.05, 0) is 44.8 Å². The minimum atomic E-state index is 0.283. The Morgan fingerprint density at radius 1 is 1.47 bits per heavy atom. The fourth-order valence-electron chi connectivity index (χ4n) is 3.45. The van der Waals surface area contributed by atoms with Crippen LogP contribution in [0, 0.1) is 11.3 Å². The second-order valence-corrected chi connectivity index (χ2v) is 5.40. The predicted molar refractivity (Wildman–Crippen MR) is 64.7 cm³/mol. The molecule has 1 spiro atoms. The quantitative estimate of drug-likeness (QED) is 0.668. The van der Waals surface area contributed by atoms with E-state index in [1.54, 1.807) is 0 Å². The van der Waals surface area contributed by atoms with E-state index in [-0.39, 0.29) is 5.41 Å². The highest BCUT2D eigenvalue weighted by molar-refractivity contribution is 5.23. The van der Waals surface area contributed by atoms with Crippen LogP contribution in [0.1, 0.15) is 33.1 Å². The highest BCUT2D eigenvalue weighted by atomic mass is 15.1. The van der Waals surface area contributed by atoms with Crippen molar-refractivity contribution in [1.29, 1.82) is 0 Å². The Balaban J connectivity index is 2.11. The van der Waals surface area contributed by atoms with Gasteiger partial charge in [-0.3, -0.25) is 0 Å². The lowest BCUT2D eigenvalue weighted by atomic mass is 9.71. The van der Waals surface area contributed by atoms with E-state index < -0.39 is 0 Å². The Labute approximate surface area is 93.5 Å². The molecule has 2 atom stereocenters. The summed E-state index contributed by atoms with van der Waals surface area (Å²) >= 11 is 0. The van der Waals surface area contributed by atoms with Crippen LogP contribution < -0.4 is 5.73 Å². The van der Waals surface area contributed by atoms with Crippen LogP contribution in [-0.4, -0.2) is 30.6 Å². The molecule has 86 valence electrons. The first-order valence-corrected chi connectivity index (χ1v) is 6.26. The van der Waals surface area contributed by atoms with Gasteiger partial charge in [0.15, 0.2) is 0 Å².